The summed E-state index contributed by atoms with van der Waals surface area (Å²) in [6.45, 7) is 0.227. The monoisotopic (exact) mass is 502 g/mol. The van der Waals surface area contributed by atoms with E-state index in [2.05, 4.69) is 27.9 Å². The highest BCUT2D eigenvalue weighted by molar-refractivity contribution is 14.1. The highest BCUT2D eigenvalue weighted by atomic mass is 127. The number of benzene rings is 2. The normalized spacial score (nSPS) is 15.9. The molecule has 0 saturated carbocycles. The summed E-state index contributed by atoms with van der Waals surface area (Å²) in [7, 11) is -3.59. The van der Waals surface area contributed by atoms with Crippen molar-refractivity contribution in [3.05, 3.63) is 52.1 Å². The van der Waals surface area contributed by atoms with Crippen LogP contribution in [0.15, 0.2) is 48.5 Å². The Morgan fingerprint density at radius 2 is 1.85 bits per heavy atom. The maximum absolute atomic E-state index is 12.3. The minimum Gasteiger partial charge on any atom is -0.486 e. The summed E-state index contributed by atoms with van der Waals surface area (Å²) < 4.78 is 37.6. The highest BCUT2D eigenvalue weighted by Crippen LogP contribution is 2.30. The van der Waals surface area contributed by atoms with Gasteiger partial charge < -0.3 is 14.8 Å². The molecule has 27 heavy (non-hydrogen) atoms. The Balaban J connectivity index is 1.59. The van der Waals surface area contributed by atoms with Gasteiger partial charge in [0, 0.05) is 3.57 Å². The largest absolute Gasteiger partial charge is 0.486 e. The number of nitrogens with one attached hydrogen (secondary N) is 1. The van der Waals surface area contributed by atoms with Crippen LogP contribution >= 0.6 is 22.6 Å². The third-order valence-electron chi connectivity index (χ3n) is 3.90. The maximum Gasteiger partial charge on any atom is 0.240 e. The summed E-state index contributed by atoms with van der Waals surface area (Å²) in [4.78, 5) is 12.3. The predicted molar refractivity (Wildman–Crippen MR) is 111 cm³/mol. The highest BCUT2D eigenvalue weighted by Gasteiger charge is 2.24. The number of fused-ring (bicyclic) bond motifs is 1. The molecule has 0 spiro atoms. The van der Waals surface area contributed by atoms with Crippen molar-refractivity contribution in [2.45, 2.75) is 6.10 Å². The van der Waals surface area contributed by atoms with Gasteiger partial charge in [-0.3, -0.25) is 9.10 Å². The van der Waals surface area contributed by atoms with E-state index in [1.807, 2.05) is 18.2 Å². The quantitative estimate of drug-likeness (QED) is 0.612. The van der Waals surface area contributed by atoms with Gasteiger partial charge in [0.05, 0.1) is 18.5 Å². The van der Waals surface area contributed by atoms with Crippen LogP contribution in [0.3, 0.4) is 0 Å². The van der Waals surface area contributed by atoms with Crippen LogP contribution in [-0.2, 0) is 14.8 Å². The SMILES string of the molecule is CS(=O)(=O)N(CC(=O)NC[C@H]1COc2ccccc2O1)c1ccc(I)cc1. The summed E-state index contributed by atoms with van der Waals surface area (Å²) in [6.07, 6.45) is 0.738. The zero-order valence-corrected chi connectivity index (χ0v) is 17.6. The third-order valence-corrected chi connectivity index (χ3v) is 5.76. The fraction of sp³-hybridized carbons (Fsp3) is 0.278. The molecule has 0 unspecified atom stereocenters. The average molecular weight is 502 g/mol. The first kappa shape index (κ1) is 19.7. The minimum atomic E-state index is -3.59. The van der Waals surface area contributed by atoms with Crippen molar-refractivity contribution < 1.29 is 22.7 Å². The molecule has 1 heterocycles. The number of amides is 1. The number of hydrogen-bond acceptors (Lipinski definition) is 5. The molecule has 1 aliphatic heterocycles. The second-order valence-electron chi connectivity index (χ2n) is 6.05. The summed E-state index contributed by atoms with van der Waals surface area (Å²) in [5.74, 6) is 0.878. The second kappa shape index (κ2) is 8.34. The van der Waals surface area contributed by atoms with Crippen LogP contribution in [-0.4, -0.2) is 46.4 Å². The molecule has 0 aromatic heterocycles. The Bertz CT molecular complexity index is 918. The molecule has 2 aromatic rings. The maximum atomic E-state index is 12.3. The molecule has 0 saturated heterocycles. The number of sulfonamides is 1. The van der Waals surface area contributed by atoms with Crippen molar-refractivity contribution in [2.24, 2.45) is 0 Å². The van der Waals surface area contributed by atoms with Gasteiger partial charge in [0.25, 0.3) is 0 Å². The molecule has 9 heteroatoms. The lowest BCUT2D eigenvalue weighted by Gasteiger charge is -2.27. The van der Waals surface area contributed by atoms with E-state index < -0.39 is 15.9 Å². The Hall–Kier alpha value is -2.01. The van der Waals surface area contributed by atoms with Crippen molar-refractivity contribution >= 4 is 44.2 Å². The van der Waals surface area contributed by atoms with Crippen molar-refractivity contribution in [2.75, 3.05) is 30.3 Å². The van der Waals surface area contributed by atoms with Crippen LogP contribution in [0, 0.1) is 3.57 Å². The van der Waals surface area contributed by atoms with E-state index in [-0.39, 0.29) is 19.2 Å². The molecule has 2 aromatic carbocycles. The molecule has 0 bridgehead atoms. The van der Waals surface area contributed by atoms with Gasteiger partial charge in [0.2, 0.25) is 15.9 Å². The molecule has 1 N–H and O–H groups in total. The number of halogens is 1. The number of para-hydroxylation sites is 2. The fourth-order valence-electron chi connectivity index (χ4n) is 2.59. The summed E-state index contributed by atoms with van der Waals surface area (Å²) in [5, 5.41) is 2.72. The Morgan fingerprint density at radius 3 is 2.52 bits per heavy atom. The summed E-state index contributed by atoms with van der Waals surface area (Å²) in [5.41, 5.74) is 0.444. The molecular weight excluding hydrogens is 483 g/mol. The van der Waals surface area contributed by atoms with Gasteiger partial charge in [0.1, 0.15) is 19.3 Å². The number of ether oxygens (including phenoxy) is 2. The number of nitrogens with zero attached hydrogens (tertiary/aromatic N) is 1. The lowest BCUT2D eigenvalue weighted by molar-refractivity contribution is -0.120. The van der Waals surface area contributed by atoms with Crippen LogP contribution < -0.4 is 19.1 Å². The summed E-state index contributed by atoms with van der Waals surface area (Å²) >= 11 is 2.13. The van der Waals surface area contributed by atoms with Crippen molar-refractivity contribution in [3.63, 3.8) is 0 Å². The fourth-order valence-corrected chi connectivity index (χ4v) is 3.80. The second-order valence-corrected chi connectivity index (χ2v) is 9.20. The molecule has 1 aliphatic rings. The lowest BCUT2D eigenvalue weighted by atomic mass is 10.2. The Labute approximate surface area is 171 Å². The smallest absolute Gasteiger partial charge is 0.240 e. The third kappa shape index (κ3) is 5.25. The Morgan fingerprint density at radius 1 is 1.19 bits per heavy atom. The number of carbonyl (C=O) groups excluding carboxylic acids is 1. The molecule has 144 valence electrons. The van der Waals surface area contributed by atoms with Gasteiger partial charge >= 0.3 is 0 Å². The number of carbonyl (C=O) groups is 1. The van der Waals surface area contributed by atoms with Crippen LogP contribution in [0.2, 0.25) is 0 Å². The molecule has 0 radical (unpaired) electrons. The molecule has 7 nitrogen and oxygen atoms in total. The van der Waals surface area contributed by atoms with Gasteiger partial charge in [0.15, 0.2) is 11.5 Å². The van der Waals surface area contributed by atoms with E-state index in [9.17, 15) is 13.2 Å². The molecular formula is C18H19IN2O5S. The van der Waals surface area contributed by atoms with Crippen LogP contribution in [0.5, 0.6) is 11.5 Å². The zero-order valence-electron chi connectivity index (χ0n) is 14.6. The average Bonchev–Trinajstić information content (AvgIpc) is 2.64. The number of rotatable bonds is 6. The standard InChI is InChI=1S/C18H19IN2O5S/c1-27(23,24)21(14-8-6-13(19)7-9-14)11-18(22)20-10-15-12-25-16-4-2-3-5-17(16)26-15/h2-9,15H,10-12H2,1H3,(H,20,22)/t15-/m0/s1. The Kier molecular flexibility index (Phi) is 6.10. The predicted octanol–water partition coefficient (Wildman–Crippen LogP) is 2.01. The first-order chi connectivity index (χ1) is 12.8. The van der Waals surface area contributed by atoms with Gasteiger partial charge in [-0.15, -0.1) is 0 Å². The van der Waals surface area contributed by atoms with Gasteiger partial charge in [-0.2, -0.15) is 0 Å². The molecule has 0 aliphatic carbocycles. The molecule has 1 atom stereocenters. The van der Waals surface area contributed by atoms with Gasteiger partial charge in [-0.1, -0.05) is 12.1 Å². The lowest BCUT2D eigenvalue weighted by Crippen LogP contribution is -2.45. The van der Waals surface area contributed by atoms with Crippen LogP contribution in [0.4, 0.5) is 5.69 Å². The molecule has 0 fully saturated rings. The zero-order chi connectivity index (χ0) is 19.4. The van der Waals surface area contributed by atoms with Gasteiger partial charge in [-0.05, 0) is 59.0 Å². The number of anilines is 1. The van der Waals surface area contributed by atoms with E-state index in [4.69, 9.17) is 9.47 Å². The van der Waals surface area contributed by atoms with E-state index in [0.29, 0.717) is 23.8 Å². The van der Waals surface area contributed by atoms with Gasteiger partial charge in [-0.25, -0.2) is 8.42 Å². The van der Waals surface area contributed by atoms with Crippen molar-refractivity contribution in [1.82, 2.24) is 5.32 Å². The van der Waals surface area contributed by atoms with Crippen LogP contribution in [0.1, 0.15) is 0 Å². The van der Waals surface area contributed by atoms with Crippen LogP contribution in [0.25, 0.3) is 0 Å². The topological polar surface area (TPSA) is 84.9 Å². The van der Waals surface area contributed by atoms with E-state index in [0.717, 1.165) is 14.1 Å². The molecule has 1 amide bonds. The van der Waals surface area contributed by atoms with E-state index >= 15 is 0 Å². The minimum absolute atomic E-state index is 0.220. The summed E-state index contributed by atoms with van der Waals surface area (Å²) in [6, 6.07) is 14.2. The van der Waals surface area contributed by atoms with E-state index in [1.165, 1.54) is 0 Å². The number of hydrogen-bond donors (Lipinski definition) is 1. The van der Waals surface area contributed by atoms with Crippen molar-refractivity contribution in [3.8, 4) is 11.5 Å². The van der Waals surface area contributed by atoms with E-state index in [1.54, 1.807) is 30.3 Å². The van der Waals surface area contributed by atoms with Crippen molar-refractivity contribution in [1.29, 1.82) is 0 Å². The first-order valence-corrected chi connectivity index (χ1v) is 11.1. The molecule has 3 rings (SSSR count). The first-order valence-electron chi connectivity index (χ1n) is 8.21.